The molecule has 192 valence electrons. The van der Waals surface area contributed by atoms with Crippen molar-refractivity contribution in [1.29, 1.82) is 0 Å². The molecule has 0 bridgehead atoms. The predicted octanol–water partition coefficient (Wildman–Crippen LogP) is 3.40. The summed E-state index contributed by atoms with van der Waals surface area (Å²) in [6, 6.07) is 9.90. The van der Waals surface area contributed by atoms with Crippen molar-refractivity contribution >= 4 is 23.2 Å². The minimum Gasteiger partial charge on any atom is -0.365 e. The number of carbonyl (C=O) groups is 2. The van der Waals surface area contributed by atoms with E-state index in [1.165, 1.54) is 19.1 Å². The lowest BCUT2D eigenvalue weighted by molar-refractivity contribution is -0.142. The number of alkyl halides is 3. The van der Waals surface area contributed by atoms with Crippen molar-refractivity contribution in [2.45, 2.75) is 25.6 Å². The summed E-state index contributed by atoms with van der Waals surface area (Å²) in [5, 5.41) is 0. The summed E-state index contributed by atoms with van der Waals surface area (Å²) in [5.74, 6) is -1.11. The van der Waals surface area contributed by atoms with E-state index in [4.69, 9.17) is 0 Å². The molecule has 6 nitrogen and oxygen atoms in total. The number of para-hydroxylation sites is 1. The van der Waals surface area contributed by atoms with Crippen LogP contribution < -0.4 is 9.80 Å². The summed E-state index contributed by atoms with van der Waals surface area (Å²) in [6.07, 6.45) is -4.30. The first kappa shape index (κ1) is 24.4. The highest BCUT2D eigenvalue weighted by Gasteiger charge is 2.44. The van der Waals surface area contributed by atoms with Gasteiger partial charge in [-0.05, 0) is 42.3 Å². The standard InChI is InChI=1S/C26H28F4N4O2/c1-17(35)31-8-10-32(11-9-31)25(36)20-15-18-14-19(26(28,29)30)6-7-22(18)34-13-12-33(16-24(20)34)23-5-3-2-4-21(23)27/h2-7,14,20,24H,8-13,15-16H2,1H3. The number of carbonyl (C=O) groups excluding carboxylic acids is 2. The van der Waals surface area contributed by atoms with Gasteiger partial charge in [-0.2, -0.15) is 13.2 Å². The number of nitrogens with zero attached hydrogens (tertiary/aromatic N) is 4. The lowest BCUT2D eigenvalue weighted by Gasteiger charge is -2.50. The molecule has 5 rings (SSSR count). The molecule has 10 heteroatoms. The minimum atomic E-state index is -4.47. The largest absolute Gasteiger partial charge is 0.416 e. The van der Waals surface area contributed by atoms with Crippen LogP contribution >= 0.6 is 0 Å². The second-order valence-corrected chi connectivity index (χ2v) is 9.64. The zero-order valence-corrected chi connectivity index (χ0v) is 20.0. The third kappa shape index (κ3) is 4.49. The Kier molecular flexibility index (Phi) is 6.30. The highest BCUT2D eigenvalue weighted by atomic mass is 19.4. The maximum atomic E-state index is 14.6. The molecule has 3 heterocycles. The molecule has 0 aliphatic carbocycles. The van der Waals surface area contributed by atoms with Crippen molar-refractivity contribution in [3.05, 3.63) is 59.4 Å². The highest BCUT2D eigenvalue weighted by molar-refractivity contribution is 5.83. The van der Waals surface area contributed by atoms with Crippen LogP contribution in [0.15, 0.2) is 42.5 Å². The average Bonchev–Trinajstić information content (AvgIpc) is 2.87. The van der Waals surface area contributed by atoms with Gasteiger partial charge in [-0.1, -0.05) is 12.1 Å². The zero-order valence-electron chi connectivity index (χ0n) is 20.0. The summed E-state index contributed by atoms with van der Waals surface area (Å²) in [4.78, 5) is 32.8. The van der Waals surface area contributed by atoms with Crippen LogP contribution in [0.4, 0.5) is 28.9 Å². The molecule has 0 spiro atoms. The molecule has 0 aromatic heterocycles. The van der Waals surface area contributed by atoms with Crippen molar-refractivity contribution in [3.63, 3.8) is 0 Å². The van der Waals surface area contributed by atoms with Crippen LogP contribution in [0.25, 0.3) is 0 Å². The van der Waals surface area contributed by atoms with Crippen LogP contribution in [0.5, 0.6) is 0 Å². The summed E-state index contributed by atoms with van der Waals surface area (Å²) in [5.41, 5.74) is 0.926. The quantitative estimate of drug-likeness (QED) is 0.589. The molecule has 2 fully saturated rings. The van der Waals surface area contributed by atoms with Crippen molar-refractivity contribution in [1.82, 2.24) is 9.80 Å². The van der Waals surface area contributed by atoms with E-state index >= 15 is 0 Å². The molecule has 3 aliphatic heterocycles. The van der Waals surface area contributed by atoms with Gasteiger partial charge in [-0.25, -0.2) is 4.39 Å². The third-order valence-electron chi connectivity index (χ3n) is 7.59. The number of piperazine rings is 2. The molecule has 3 aliphatic rings. The van der Waals surface area contributed by atoms with E-state index < -0.39 is 17.7 Å². The molecule has 2 aromatic carbocycles. The predicted molar refractivity (Wildman–Crippen MR) is 127 cm³/mol. The van der Waals surface area contributed by atoms with E-state index in [2.05, 4.69) is 0 Å². The third-order valence-corrected chi connectivity index (χ3v) is 7.59. The van der Waals surface area contributed by atoms with E-state index in [-0.39, 0.29) is 30.1 Å². The Morgan fingerprint density at radius 3 is 2.25 bits per heavy atom. The summed E-state index contributed by atoms with van der Waals surface area (Å²) >= 11 is 0. The fourth-order valence-electron chi connectivity index (χ4n) is 5.69. The molecule has 2 atom stereocenters. The fourth-order valence-corrected chi connectivity index (χ4v) is 5.69. The number of fused-ring (bicyclic) bond motifs is 3. The Balaban J connectivity index is 1.46. The van der Waals surface area contributed by atoms with Gasteiger partial charge in [-0.15, -0.1) is 0 Å². The molecule has 2 saturated heterocycles. The van der Waals surface area contributed by atoms with E-state index in [0.29, 0.717) is 62.8 Å². The van der Waals surface area contributed by atoms with E-state index in [1.54, 1.807) is 28.0 Å². The summed E-state index contributed by atoms with van der Waals surface area (Å²) in [7, 11) is 0. The highest BCUT2D eigenvalue weighted by Crippen LogP contribution is 2.41. The van der Waals surface area contributed by atoms with Crippen LogP contribution in [0.1, 0.15) is 18.1 Å². The topological polar surface area (TPSA) is 47.1 Å². The summed E-state index contributed by atoms with van der Waals surface area (Å²) < 4.78 is 54.9. The van der Waals surface area contributed by atoms with Gasteiger partial charge in [0, 0.05) is 58.4 Å². The lowest BCUT2D eigenvalue weighted by atomic mass is 9.82. The Bertz CT molecular complexity index is 1160. The van der Waals surface area contributed by atoms with Gasteiger partial charge in [0.05, 0.1) is 23.2 Å². The molecular weight excluding hydrogens is 476 g/mol. The maximum Gasteiger partial charge on any atom is 0.416 e. The van der Waals surface area contributed by atoms with Gasteiger partial charge in [0.25, 0.3) is 0 Å². The van der Waals surface area contributed by atoms with Gasteiger partial charge in [0.15, 0.2) is 0 Å². The summed E-state index contributed by atoms with van der Waals surface area (Å²) in [6.45, 7) is 4.43. The second-order valence-electron chi connectivity index (χ2n) is 9.64. The van der Waals surface area contributed by atoms with Gasteiger partial charge in [-0.3, -0.25) is 9.59 Å². The normalized spacial score (nSPS) is 22.2. The van der Waals surface area contributed by atoms with Crippen molar-refractivity contribution < 1.29 is 27.2 Å². The first-order chi connectivity index (χ1) is 17.1. The first-order valence-electron chi connectivity index (χ1n) is 12.1. The number of benzene rings is 2. The van der Waals surface area contributed by atoms with Gasteiger partial charge >= 0.3 is 6.18 Å². The molecule has 36 heavy (non-hydrogen) atoms. The Morgan fingerprint density at radius 2 is 1.58 bits per heavy atom. The van der Waals surface area contributed by atoms with Crippen LogP contribution in [-0.4, -0.2) is 73.5 Å². The minimum absolute atomic E-state index is 0.0487. The van der Waals surface area contributed by atoms with E-state index in [1.807, 2.05) is 9.80 Å². The van der Waals surface area contributed by atoms with E-state index in [9.17, 15) is 27.2 Å². The molecule has 0 N–H and O–H groups in total. The number of halogens is 4. The molecule has 0 saturated carbocycles. The van der Waals surface area contributed by atoms with Crippen molar-refractivity contribution in [3.8, 4) is 0 Å². The lowest BCUT2D eigenvalue weighted by Crippen LogP contribution is -2.62. The maximum absolute atomic E-state index is 14.6. The number of amides is 2. The van der Waals surface area contributed by atoms with Crippen molar-refractivity contribution in [2.75, 3.05) is 55.6 Å². The van der Waals surface area contributed by atoms with Crippen LogP contribution in [0.2, 0.25) is 0 Å². The molecule has 2 amide bonds. The Labute approximate surface area is 207 Å². The zero-order chi connectivity index (χ0) is 25.6. The average molecular weight is 505 g/mol. The van der Waals surface area contributed by atoms with Gasteiger partial charge in [0.1, 0.15) is 5.82 Å². The SMILES string of the molecule is CC(=O)N1CCN(C(=O)C2Cc3cc(C(F)(F)F)ccc3N3CCN(c4ccccc4F)CC23)CC1. The van der Waals surface area contributed by atoms with E-state index in [0.717, 1.165) is 12.1 Å². The van der Waals surface area contributed by atoms with Crippen molar-refractivity contribution in [2.24, 2.45) is 5.92 Å². The molecule has 0 radical (unpaired) electrons. The number of rotatable bonds is 2. The van der Waals surface area contributed by atoms with Crippen LogP contribution in [0, 0.1) is 11.7 Å². The van der Waals surface area contributed by atoms with Crippen LogP contribution in [0.3, 0.4) is 0 Å². The molecule has 2 unspecified atom stereocenters. The number of hydrogen-bond donors (Lipinski definition) is 0. The Morgan fingerprint density at radius 1 is 0.889 bits per heavy atom. The van der Waals surface area contributed by atoms with Gasteiger partial charge < -0.3 is 19.6 Å². The number of hydrogen-bond acceptors (Lipinski definition) is 4. The monoisotopic (exact) mass is 504 g/mol. The fraction of sp³-hybridized carbons (Fsp3) is 0.462. The Hall–Kier alpha value is -3.30. The van der Waals surface area contributed by atoms with Gasteiger partial charge in [0.2, 0.25) is 11.8 Å². The number of anilines is 2. The molecule has 2 aromatic rings. The first-order valence-corrected chi connectivity index (χ1v) is 12.1. The smallest absolute Gasteiger partial charge is 0.365 e. The second kappa shape index (κ2) is 9.29. The molecular formula is C26H28F4N4O2. The van der Waals surface area contributed by atoms with Crippen LogP contribution in [-0.2, 0) is 22.2 Å².